The summed E-state index contributed by atoms with van der Waals surface area (Å²) in [4.78, 5) is 53.7. The number of anilines is 1. The summed E-state index contributed by atoms with van der Waals surface area (Å²) in [6.07, 6.45) is 7.78. The molecule has 10 rings (SSSR count). The van der Waals surface area contributed by atoms with E-state index in [4.69, 9.17) is 23.7 Å². The van der Waals surface area contributed by atoms with Crippen molar-refractivity contribution < 1.29 is 38.1 Å². The monoisotopic (exact) mass is 776 g/mol. The molecule has 12 nitrogen and oxygen atoms in total. The van der Waals surface area contributed by atoms with Gasteiger partial charge in [-0.1, -0.05) is 43.7 Å². The number of hydrogen-bond donors (Lipinski definition) is 1. The van der Waals surface area contributed by atoms with Gasteiger partial charge in [-0.25, -0.2) is 4.79 Å². The van der Waals surface area contributed by atoms with Crippen molar-refractivity contribution in [2.45, 2.75) is 93.7 Å². The maximum Gasteiger partial charge on any atom is 0.344 e. The first kappa shape index (κ1) is 36.5. The van der Waals surface area contributed by atoms with Gasteiger partial charge in [-0.2, -0.15) is 0 Å². The molecule has 1 N–H and O–H groups in total. The summed E-state index contributed by atoms with van der Waals surface area (Å²) in [5.74, 6) is -0.786. The third-order valence-corrected chi connectivity index (χ3v) is 15.2. The van der Waals surface area contributed by atoms with Crippen molar-refractivity contribution in [3.8, 4) is 5.75 Å². The first-order chi connectivity index (χ1) is 27.5. The molecule has 1 spiro atoms. The number of fused-ring (bicyclic) bond motifs is 8. The van der Waals surface area contributed by atoms with Crippen molar-refractivity contribution in [2.75, 3.05) is 52.9 Å². The molecule has 1 saturated carbocycles. The molecule has 2 aromatic carbocycles. The van der Waals surface area contributed by atoms with E-state index in [9.17, 15) is 9.59 Å². The topological polar surface area (TPSA) is 123 Å². The number of aromatic nitrogens is 1. The minimum atomic E-state index is -1.65. The van der Waals surface area contributed by atoms with E-state index in [1.807, 2.05) is 25.3 Å². The molecule has 7 heterocycles. The maximum atomic E-state index is 15.2. The number of methoxy groups -OCH3 is 3. The van der Waals surface area contributed by atoms with Gasteiger partial charge in [0.1, 0.15) is 11.2 Å². The lowest BCUT2D eigenvalue weighted by atomic mass is 9.48. The largest absolute Gasteiger partial charge is 0.496 e. The molecule has 3 fully saturated rings. The molecule has 1 aliphatic carbocycles. The number of hydrogen-bond acceptors (Lipinski definition) is 11. The van der Waals surface area contributed by atoms with Gasteiger partial charge < -0.3 is 38.5 Å². The summed E-state index contributed by atoms with van der Waals surface area (Å²) < 4.78 is 31.4. The van der Waals surface area contributed by atoms with Gasteiger partial charge in [0.15, 0.2) is 6.10 Å². The van der Waals surface area contributed by atoms with E-state index in [1.165, 1.54) is 26.7 Å². The predicted octanol–water partition coefficient (Wildman–Crippen LogP) is 5.12. The summed E-state index contributed by atoms with van der Waals surface area (Å²) in [6.45, 7) is 8.80. The number of nitrogens with one attached hydrogen (secondary N) is 1. The number of rotatable bonds is 7. The fourth-order valence-corrected chi connectivity index (χ4v) is 13.4. The molecular formula is C45H52N4O8. The van der Waals surface area contributed by atoms with Gasteiger partial charge in [-0.05, 0) is 67.1 Å². The second kappa shape index (κ2) is 12.3. The quantitative estimate of drug-likeness (QED) is 0.196. The standard InChI is InChI=1S/C45H52N4O8/c1-8-26-18-27-21-44(40(51)54-6,36-29(24-48(22-26)23-27)28-12-10-11-13-32(28)46-36)31-19-30-33(20-34(31)53-5)47(4)38-43(30)15-17-49-16-14-35-42(9-2,37(43)49)39(56-25(3)50)45(38,57-35)41(52)55-7/h10-14,16,18-20,27,35,37-39,46H,8-9,15,17,21-24H2,1-7H3/t27-,35+,37?,38?,39+,42+,43+,44-,45-/m0/s1. The summed E-state index contributed by atoms with van der Waals surface area (Å²) in [7, 11) is 6.50. The number of aromatic amines is 1. The Morgan fingerprint density at radius 1 is 1.00 bits per heavy atom. The molecule has 57 heavy (non-hydrogen) atoms. The van der Waals surface area contributed by atoms with Crippen LogP contribution in [-0.4, -0.2) is 111 Å². The number of esters is 3. The van der Waals surface area contributed by atoms with E-state index in [0.29, 0.717) is 31.6 Å². The highest BCUT2D eigenvalue weighted by molar-refractivity contribution is 5.95. The van der Waals surface area contributed by atoms with Crippen LogP contribution in [-0.2, 0) is 50.7 Å². The number of para-hydroxylation sites is 1. The van der Waals surface area contributed by atoms with Gasteiger partial charge in [0.25, 0.3) is 0 Å². The highest BCUT2D eigenvalue weighted by Gasteiger charge is 2.87. The number of H-pyrrole nitrogens is 1. The normalized spacial score (nSPS) is 36.4. The summed E-state index contributed by atoms with van der Waals surface area (Å²) in [5.41, 5.74) is 2.43. The van der Waals surface area contributed by atoms with Crippen molar-refractivity contribution in [2.24, 2.45) is 11.3 Å². The highest BCUT2D eigenvalue weighted by Crippen LogP contribution is 2.73. The van der Waals surface area contributed by atoms with Gasteiger partial charge in [0.2, 0.25) is 5.60 Å². The molecule has 3 aromatic rings. The minimum absolute atomic E-state index is 0.0551. The summed E-state index contributed by atoms with van der Waals surface area (Å²) in [5, 5.41) is 1.08. The molecule has 0 radical (unpaired) electrons. The van der Waals surface area contributed by atoms with Crippen LogP contribution in [0.5, 0.6) is 5.75 Å². The number of carbonyl (C=O) groups is 3. The summed E-state index contributed by atoms with van der Waals surface area (Å²) in [6, 6.07) is 11.7. The van der Waals surface area contributed by atoms with Crippen LogP contribution in [0.4, 0.5) is 5.69 Å². The Labute approximate surface area is 333 Å². The lowest BCUT2D eigenvalue weighted by Crippen LogP contribution is -2.78. The molecule has 6 aliphatic heterocycles. The van der Waals surface area contributed by atoms with Crippen LogP contribution in [0.25, 0.3) is 10.9 Å². The first-order valence-electron chi connectivity index (χ1n) is 20.4. The molecule has 4 bridgehead atoms. The van der Waals surface area contributed by atoms with Crippen LogP contribution < -0.4 is 9.64 Å². The Bertz CT molecular complexity index is 2300. The van der Waals surface area contributed by atoms with E-state index in [2.05, 4.69) is 70.1 Å². The zero-order valence-corrected chi connectivity index (χ0v) is 33.8. The molecular weight excluding hydrogens is 725 g/mol. The zero-order chi connectivity index (χ0) is 39.8. The van der Waals surface area contributed by atoms with E-state index < -0.39 is 52.0 Å². The van der Waals surface area contributed by atoms with Gasteiger partial charge >= 0.3 is 17.9 Å². The Balaban J connectivity index is 1.29. The van der Waals surface area contributed by atoms with E-state index in [1.54, 1.807) is 7.11 Å². The van der Waals surface area contributed by atoms with E-state index >= 15 is 4.79 Å². The van der Waals surface area contributed by atoms with Crippen molar-refractivity contribution in [1.82, 2.24) is 14.8 Å². The number of nitrogens with zero attached hydrogens (tertiary/aromatic N) is 3. The first-order valence-corrected chi connectivity index (χ1v) is 20.4. The average molecular weight is 777 g/mol. The van der Waals surface area contributed by atoms with Crippen LogP contribution in [0.2, 0.25) is 0 Å². The Morgan fingerprint density at radius 3 is 2.51 bits per heavy atom. The van der Waals surface area contributed by atoms with Gasteiger partial charge in [0.05, 0.1) is 44.9 Å². The maximum absolute atomic E-state index is 15.2. The molecule has 300 valence electrons. The van der Waals surface area contributed by atoms with Crippen LogP contribution in [0.1, 0.15) is 68.8 Å². The van der Waals surface area contributed by atoms with Crippen molar-refractivity contribution in [3.63, 3.8) is 0 Å². The lowest BCUT2D eigenvalue weighted by molar-refractivity contribution is -0.198. The molecule has 12 heteroatoms. The molecule has 3 unspecified atom stereocenters. The minimum Gasteiger partial charge on any atom is -0.496 e. The van der Waals surface area contributed by atoms with Gasteiger partial charge in [0, 0.05) is 79.5 Å². The molecule has 1 aromatic heterocycles. The van der Waals surface area contributed by atoms with Crippen LogP contribution in [0.15, 0.2) is 60.3 Å². The van der Waals surface area contributed by atoms with E-state index in [0.717, 1.165) is 65.0 Å². The van der Waals surface area contributed by atoms with Crippen molar-refractivity contribution in [1.29, 1.82) is 0 Å². The molecule has 7 aliphatic rings. The Kier molecular flexibility index (Phi) is 7.91. The zero-order valence-electron chi connectivity index (χ0n) is 33.8. The third-order valence-electron chi connectivity index (χ3n) is 15.2. The number of ether oxygens (including phenoxy) is 5. The lowest BCUT2D eigenvalue weighted by Gasteiger charge is -2.59. The van der Waals surface area contributed by atoms with Crippen LogP contribution in [0, 0.1) is 11.3 Å². The second-order valence-electron chi connectivity index (χ2n) is 17.4. The number of benzene rings is 2. The summed E-state index contributed by atoms with van der Waals surface area (Å²) >= 11 is 0. The Morgan fingerprint density at radius 2 is 1.79 bits per heavy atom. The van der Waals surface area contributed by atoms with Gasteiger partial charge in [-0.15, -0.1) is 0 Å². The fraction of sp³-hybridized carbons (Fsp3) is 0.533. The molecule has 10 atom stereocenters. The van der Waals surface area contributed by atoms with E-state index in [-0.39, 0.29) is 17.9 Å². The molecule has 2 saturated heterocycles. The Hall–Kier alpha value is -4.81. The van der Waals surface area contributed by atoms with Crippen molar-refractivity contribution >= 4 is 34.5 Å². The smallest absolute Gasteiger partial charge is 0.344 e. The predicted molar refractivity (Wildman–Crippen MR) is 212 cm³/mol. The van der Waals surface area contributed by atoms with Crippen LogP contribution >= 0.6 is 0 Å². The fourth-order valence-electron chi connectivity index (χ4n) is 13.4. The second-order valence-corrected chi connectivity index (χ2v) is 17.4. The SMILES string of the molecule is CCC1=C[C@@H]2CN(C1)Cc1c([nH]c3ccccc13)[C@@](C(=O)OC)(c1cc3c(cc1OC)N(C)C1[C@]34CCN3C=C[C@H]5O[C@]1(C(=O)OC)[C@H](OC(C)=O)[C@@]5(CC)C34)C2. The average Bonchev–Trinajstić information content (AvgIpc) is 3.93. The molecule has 0 amide bonds. The van der Waals surface area contributed by atoms with Gasteiger partial charge in [-0.3, -0.25) is 14.5 Å². The highest BCUT2D eigenvalue weighted by atomic mass is 16.6. The van der Waals surface area contributed by atoms with Crippen molar-refractivity contribution in [3.05, 3.63) is 82.7 Å². The number of likely N-dealkylation sites (N-methyl/N-ethyl adjacent to an activating group) is 1. The number of carbonyl (C=O) groups excluding carboxylic acids is 3. The van der Waals surface area contributed by atoms with Crippen LogP contribution in [0.3, 0.4) is 0 Å². The third kappa shape index (κ3) is 4.28.